The molecule has 1 fully saturated rings. The van der Waals surface area contributed by atoms with Crippen LogP contribution in [0.1, 0.15) is 44.7 Å². The van der Waals surface area contributed by atoms with E-state index in [4.69, 9.17) is 0 Å². The number of aryl methyl sites for hydroxylation is 1. The second-order valence-corrected chi connectivity index (χ2v) is 4.83. The van der Waals surface area contributed by atoms with Crippen molar-refractivity contribution in [3.05, 3.63) is 18.0 Å². The van der Waals surface area contributed by atoms with Gasteiger partial charge in [-0.15, -0.1) is 0 Å². The summed E-state index contributed by atoms with van der Waals surface area (Å²) in [5.74, 6) is 0. The van der Waals surface area contributed by atoms with Gasteiger partial charge in [0.15, 0.2) is 0 Å². The molecule has 2 N–H and O–H groups in total. The van der Waals surface area contributed by atoms with Gasteiger partial charge in [0.25, 0.3) is 0 Å². The Morgan fingerprint density at radius 2 is 2.24 bits per heavy atom. The van der Waals surface area contributed by atoms with Crippen LogP contribution in [0.15, 0.2) is 12.3 Å². The fourth-order valence-corrected chi connectivity index (χ4v) is 2.56. The molecule has 4 heteroatoms. The molecule has 1 aromatic heterocycles. The third-order valence-electron chi connectivity index (χ3n) is 3.63. The standard InChI is InChI=1S/C13H23N3O/c1-2-16-11(8-9-15-16)10-14-12-6-4-3-5-7-13(12)17/h8-9,12-14,17H,2-7,10H2,1H3. The van der Waals surface area contributed by atoms with Gasteiger partial charge in [-0.05, 0) is 25.8 Å². The Hall–Kier alpha value is -0.870. The minimum absolute atomic E-state index is 0.185. The largest absolute Gasteiger partial charge is 0.392 e. The number of aromatic nitrogens is 2. The Kier molecular flexibility index (Phi) is 4.57. The van der Waals surface area contributed by atoms with Gasteiger partial charge >= 0.3 is 0 Å². The van der Waals surface area contributed by atoms with Gasteiger partial charge in [0.1, 0.15) is 0 Å². The number of rotatable bonds is 4. The predicted molar refractivity (Wildman–Crippen MR) is 67.6 cm³/mol. The van der Waals surface area contributed by atoms with Crippen molar-refractivity contribution in [1.82, 2.24) is 15.1 Å². The molecule has 0 amide bonds. The summed E-state index contributed by atoms with van der Waals surface area (Å²) in [6, 6.07) is 2.29. The minimum Gasteiger partial charge on any atom is -0.392 e. The molecule has 1 saturated carbocycles. The van der Waals surface area contributed by atoms with Crippen LogP contribution < -0.4 is 5.32 Å². The monoisotopic (exact) mass is 237 g/mol. The lowest BCUT2D eigenvalue weighted by atomic mass is 10.1. The molecule has 0 radical (unpaired) electrons. The van der Waals surface area contributed by atoms with E-state index in [1.165, 1.54) is 18.5 Å². The van der Waals surface area contributed by atoms with E-state index in [9.17, 15) is 5.11 Å². The summed E-state index contributed by atoms with van der Waals surface area (Å²) >= 11 is 0. The molecule has 0 aliphatic heterocycles. The van der Waals surface area contributed by atoms with Crippen LogP contribution in [0.25, 0.3) is 0 Å². The Labute approximate surface area is 103 Å². The third-order valence-corrected chi connectivity index (χ3v) is 3.63. The Balaban J connectivity index is 1.88. The van der Waals surface area contributed by atoms with E-state index in [0.717, 1.165) is 32.4 Å². The smallest absolute Gasteiger partial charge is 0.0693 e. The van der Waals surface area contributed by atoms with Gasteiger partial charge in [-0.1, -0.05) is 19.3 Å². The Morgan fingerprint density at radius 1 is 1.41 bits per heavy atom. The van der Waals surface area contributed by atoms with E-state index in [1.807, 2.05) is 16.9 Å². The molecular formula is C13H23N3O. The average Bonchev–Trinajstić information content (AvgIpc) is 2.70. The quantitative estimate of drug-likeness (QED) is 0.783. The van der Waals surface area contributed by atoms with Crippen LogP contribution in [0.2, 0.25) is 0 Å². The fourth-order valence-electron chi connectivity index (χ4n) is 2.56. The maximum atomic E-state index is 10.0. The highest BCUT2D eigenvalue weighted by atomic mass is 16.3. The van der Waals surface area contributed by atoms with Crippen LogP contribution in [0.5, 0.6) is 0 Å². The summed E-state index contributed by atoms with van der Waals surface area (Å²) in [6.07, 6.45) is 7.31. The van der Waals surface area contributed by atoms with Crippen LogP contribution in [-0.4, -0.2) is 27.0 Å². The lowest BCUT2D eigenvalue weighted by molar-refractivity contribution is 0.119. The van der Waals surface area contributed by atoms with Crippen LogP contribution in [0.3, 0.4) is 0 Å². The molecule has 0 saturated heterocycles. The van der Waals surface area contributed by atoms with Crippen LogP contribution in [0.4, 0.5) is 0 Å². The summed E-state index contributed by atoms with van der Waals surface area (Å²) < 4.78 is 2.00. The topological polar surface area (TPSA) is 50.1 Å². The molecule has 0 aromatic carbocycles. The van der Waals surface area contributed by atoms with E-state index in [2.05, 4.69) is 17.3 Å². The number of aliphatic hydroxyl groups excluding tert-OH is 1. The van der Waals surface area contributed by atoms with Crippen molar-refractivity contribution in [3.63, 3.8) is 0 Å². The second-order valence-electron chi connectivity index (χ2n) is 4.83. The first-order valence-corrected chi connectivity index (χ1v) is 6.73. The molecule has 1 heterocycles. The summed E-state index contributed by atoms with van der Waals surface area (Å²) in [6.45, 7) is 3.80. The van der Waals surface area contributed by atoms with Gasteiger partial charge in [0.2, 0.25) is 0 Å². The minimum atomic E-state index is -0.185. The van der Waals surface area contributed by atoms with Crippen molar-refractivity contribution in [1.29, 1.82) is 0 Å². The summed E-state index contributed by atoms with van der Waals surface area (Å²) in [7, 11) is 0. The van der Waals surface area contributed by atoms with E-state index >= 15 is 0 Å². The molecule has 2 rings (SSSR count). The lowest BCUT2D eigenvalue weighted by Gasteiger charge is -2.21. The lowest BCUT2D eigenvalue weighted by Crippen LogP contribution is -2.39. The van der Waals surface area contributed by atoms with Crippen molar-refractivity contribution >= 4 is 0 Å². The molecule has 0 bridgehead atoms. The highest BCUT2D eigenvalue weighted by molar-refractivity contribution is 5.00. The molecule has 2 atom stereocenters. The van der Waals surface area contributed by atoms with E-state index in [-0.39, 0.29) is 12.1 Å². The van der Waals surface area contributed by atoms with Crippen molar-refractivity contribution < 1.29 is 5.11 Å². The van der Waals surface area contributed by atoms with E-state index < -0.39 is 0 Å². The number of hydrogen-bond acceptors (Lipinski definition) is 3. The molecule has 1 aliphatic carbocycles. The maximum Gasteiger partial charge on any atom is 0.0693 e. The molecule has 17 heavy (non-hydrogen) atoms. The first-order valence-electron chi connectivity index (χ1n) is 6.73. The van der Waals surface area contributed by atoms with Gasteiger partial charge < -0.3 is 10.4 Å². The van der Waals surface area contributed by atoms with Crippen molar-refractivity contribution in [2.45, 2.75) is 64.3 Å². The Bertz CT molecular complexity index is 337. The zero-order chi connectivity index (χ0) is 12.1. The third kappa shape index (κ3) is 3.30. The summed E-state index contributed by atoms with van der Waals surface area (Å²) in [5.41, 5.74) is 1.20. The number of nitrogens with zero attached hydrogens (tertiary/aromatic N) is 2. The first kappa shape index (κ1) is 12.6. The Morgan fingerprint density at radius 3 is 3.06 bits per heavy atom. The van der Waals surface area contributed by atoms with Crippen molar-refractivity contribution in [3.8, 4) is 0 Å². The highest BCUT2D eigenvalue weighted by Gasteiger charge is 2.21. The molecule has 96 valence electrons. The van der Waals surface area contributed by atoms with Gasteiger partial charge in [-0.25, -0.2) is 0 Å². The number of hydrogen-bond donors (Lipinski definition) is 2. The molecule has 2 unspecified atom stereocenters. The van der Waals surface area contributed by atoms with Gasteiger partial charge in [0.05, 0.1) is 11.8 Å². The SMILES string of the molecule is CCn1nccc1CNC1CCCCCC1O. The van der Waals surface area contributed by atoms with Gasteiger partial charge in [-0.2, -0.15) is 5.10 Å². The van der Waals surface area contributed by atoms with Gasteiger partial charge in [0, 0.05) is 25.3 Å². The fraction of sp³-hybridized carbons (Fsp3) is 0.769. The van der Waals surface area contributed by atoms with Crippen LogP contribution in [0, 0.1) is 0 Å². The van der Waals surface area contributed by atoms with Crippen molar-refractivity contribution in [2.75, 3.05) is 0 Å². The number of aliphatic hydroxyl groups is 1. The summed E-state index contributed by atoms with van der Waals surface area (Å²) in [5, 5.41) is 17.7. The first-order chi connectivity index (χ1) is 8.31. The van der Waals surface area contributed by atoms with E-state index in [0.29, 0.717) is 0 Å². The zero-order valence-corrected chi connectivity index (χ0v) is 10.6. The van der Waals surface area contributed by atoms with Crippen molar-refractivity contribution in [2.24, 2.45) is 0 Å². The summed E-state index contributed by atoms with van der Waals surface area (Å²) in [4.78, 5) is 0. The number of nitrogens with one attached hydrogen (secondary N) is 1. The molecule has 1 aliphatic rings. The van der Waals surface area contributed by atoms with Crippen LogP contribution >= 0.6 is 0 Å². The highest BCUT2D eigenvalue weighted by Crippen LogP contribution is 2.18. The average molecular weight is 237 g/mol. The van der Waals surface area contributed by atoms with E-state index in [1.54, 1.807) is 0 Å². The predicted octanol–water partition coefficient (Wildman–Crippen LogP) is 1.69. The zero-order valence-electron chi connectivity index (χ0n) is 10.6. The molecular weight excluding hydrogens is 214 g/mol. The second kappa shape index (κ2) is 6.17. The normalized spacial score (nSPS) is 25.8. The van der Waals surface area contributed by atoms with Gasteiger partial charge in [-0.3, -0.25) is 4.68 Å². The van der Waals surface area contributed by atoms with Crippen LogP contribution in [-0.2, 0) is 13.1 Å². The molecule has 0 spiro atoms. The molecule has 4 nitrogen and oxygen atoms in total. The maximum absolute atomic E-state index is 10.0. The molecule has 1 aromatic rings.